The molecule has 15 heavy (non-hydrogen) atoms. The third-order valence-electron chi connectivity index (χ3n) is 4.05. The average Bonchev–Trinajstić information content (AvgIpc) is 2.31. The molecule has 0 aromatic carbocycles. The van der Waals surface area contributed by atoms with Gasteiger partial charge in [0.25, 0.3) is 0 Å². The summed E-state index contributed by atoms with van der Waals surface area (Å²) in [6, 6.07) is 0.895. The molecule has 1 N–H and O–H groups in total. The van der Waals surface area contributed by atoms with Crippen molar-refractivity contribution in [2.24, 2.45) is 5.92 Å². The summed E-state index contributed by atoms with van der Waals surface area (Å²) in [5.74, 6) is 0.936. The van der Waals surface area contributed by atoms with Gasteiger partial charge in [-0.25, -0.2) is 0 Å². The highest BCUT2D eigenvalue weighted by atomic mass is 15.2. The second kappa shape index (κ2) is 5.86. The molecule has 0 aromatic heterocycles. The molecular weight excluding hydrogens is 184 g/mol. The fourth-order valence-electron chi connectivity index (χ4n) is 3.32. The van der Waals surface area contributed by atoms with Gasteiger partial charge in [-0.05, 0) is 64.2 Å². The molecule has 2 saturated heterocycles. The minimum atomic E-state index is 0.895. The van der Waals surface area contributed by atoms with E-state index in [0.29, 0.717) is 0 Å². The molecule has 2 aliphatic heterocycles. The molecule has 2 aliphatic rings. The normalized spacial score (nSPS) is 34.2. The number of nitrogens with one attached hydrogen (secondary N) is 1. The van der Waals surface area contributed by atoms with Crippen LogP contribution < -0.4 is 5.32 Å². The molecule has 0 bridgehead atoms. The Hall–Kier alpha value is -0.0800. The molecule has 2 heteroatoms. The van der Waals surface area contributed by atoms with E-state index in [4.69, 9.17) is 0 Å². The van der Waals surface area contributed by atoms with E-state index in [1.807, 2.05) is 0 Å². The Labute approximate surface area is 94.4 Å². The van der Waals surface area contributed by atoms with E-state index in [1.54, 1.807) is 0 Å². The van der Waals surface area contributed by atoms with Gasteiger partial charge in [-0.15, -0.1) is 0 Å². The van der Waals surface area contributed by atoms with Crippen LogP contribution in [0.1, 0.15) is 45.4 Å². The molecule has 88 valence electrons. The van der Waals surface area contributed by atoms with Gasteiger partial charge < -0.3 is 10.2 Å². The summed E-state index contributed by atoms with van der Waals surface area (Å²) in [6.45, 7) is 7.50. The Bertz CT molecular complexity index is 163. The molecule has 0 spiro atoms. The van der Waals surface area contributed by atoms with Crippen LogP contribution in [-0.4, -0.2) is 37.1 Å². The van der Waals surface area contributed by atoms with Gasteiger partial charge in [-0.2, -0.15) is 0 Å². The SMILES string of the molecule is CCCN1CCCC[C@@H]1[C@@H]1CCCNC1. The summed E-state index contributed by atoms with van der Waals surface area (Å²) in [6.07, 6.45) is 8.50. The molecule has 0 saturated carbocycles. The summed E-state index contributed by atoms with van der Waals surface area (Å²) >= 11 is 0. The standard InChI is InChI=1S/C13H26N2/c1-2-9-15-10-4-3-7-13(15)12-6-5-8-14-11-12/h12-14H,2-11H2,1H3/t12-,13-/m1/s1. The summed E-state index contributed by atoms with van der Waals surface area (Å²) in [5.41, 5.74) is 0. The zero-order chi connectivity index (χ0) is 10.5. The number of hydrogen-bond donors (Lipinski definition) is 1. The van der Waals surface area contributed by atoms with E-state index in [1.165, 1.54) is 64.7 Å². The molecule has 0 unspecified atom stereocenters. The van der Waals surface area contributed by atoms with Crippen LogP contribution in [0.25, 0.3) is 0 Å². The van der Waals surface area contributed by atoms with Gasteiger partial charge in [-0.1, -0.05) is 13.3 Å². The van der Waals surface area contributed by atoms with Crippen LogP contribution in [-0.2, 0) is 0 Å². The second-order valence-electron chi connectivity index (χ2n) is 5.21. The number of nitrogens with zero attached hydrogens (tertiary/aromatic N) is 1. The van der Waals surface area contributed by atoms with Gasteiger partial charge in [-0.3, -0.25) is 0 Å². The lowest BCUT2D eigenvalue weighted by Gasteiger charge is -2.42. The molecule has 2 heterocycles. The van der Waals surface area contributed by atoms with E-state index in [-0.39, 0.29) is 0 Å². The predicted octanol–water partition coefficient (Wildman–Crippen LogP) is 2.25. The topological polar surface area (TPSA) is 15.3 Å². The minimum Gasteiger partial charge on any atom is -0.316 e. The third kappa shape index (κ3) is 2.94. The number of piperidine rings is 2. The summed E-state index contributed by atoms with van der Waals surface area (Å²) < 4.78 is 0. The van der Waals surface area contributed by atoms with E-state index in [9.17, 15) is 0 Å². The fraction of sp³-hybridized carbons (Fsp3) is 1.00. The van der Waals surface area contributed by atoms with Crippen molar-refractivity contribution in [3.8, 4) is 0 Å². The fourth-order valence-corrected chi connectivity index (χ4v) is 3.32. The van der Waals surface area contributed by atoms with Crippen molar-refractivity contribution >= 4 is 0 Å². The van der Waals surface area contributed by atoms with Crippen LogP contribution in [0.4, 0.5) is 0 Å². The van der Waals surface area contributed by atoms with Crippen molar-refractivity contribution in [2.45, 2.75) is 51.5 Å². The van der Waals surface area contributed by atoms with E-state index in [2.05, 4.69) is 17.1 Å². The van der Waals surface area contributed by atoms with Gasteiger partial charge in [0.1, 0.15) is 0 Å². The van der Waals surface area contributed by atoms with Crippen LogP contribution in [0, 0.1) is 5.92 Å². The van der Waals surface area contributed by atoms with Gasteiger partial charge in [0.15, 0.2) is 0 Å². The first kappa shape index (κ1) is 11.4. The summed E-state index contributed by atoms with van der Waals surface area (Å²) in [7, 11) is 0. The van der Waals surface area contributed by atoms with Gasteiger partial charge in [0.05, 0.1) is 0 Å². The number of likely N-dealkylation sites (tertiary alicyclic amines) is 1. The zero-order valence-electron chi connectivity index (χ0n) is 10.2. The third-order valence-corrected chi connectivity index (χ3v) is 4.05. The number of rotatable bonds is 3. The van der Waals surface area contributed by atoms with E-state index >= 15 is 0 Å². The van der Waals surface area contributed by atoms with Crippen LogP contribution in [0.3, 0.4) is 0 Å². The molecule has 2 nitrogen and oxygen atoms in total. The highest BCUT2D eigenvalue weighted by molar-refractivity contribution is 4.86. The molecule has 2 rings (SSSR count). The molecular formula is C13H26N2. The van der Waals surface area contributed by atoms with Crippen molar-refractivity contribution in [2.75, 3.05) is 26.2 Å². The molecule has 0 aliphatic carbocycles. The molecule has 0 aromatic rings. The first-order valence-corrected chi connectivity index (χ1v) is 6.86. The quantitative estimate of drug-likeness (QED) is 0.768. The average molecular weight is 210 g/mol. The predicted molar refractivity (Wildman–Crippen MR) is 65.1 cm³/mol. The van der Waals surface area contributed by atoms with Crippen molar-refractivity contribution in [1.29, 1.82) is 0 Å². The second-order valence-corrected chi connectivity index (χ2v) is 5.21. The van der Waals surface area contributed by atoms with Crippen LogP contribution in [0.15, 0.2) is 0 Å². The van der Waals surface area contributed by atoms with Gasteiger partial charge in [0.2, 0.25) is 0 Å². The maximum Gasteiger partial charge on any atom is 0.0136 e. The highest BCUT2D eigenvalue weighted by Crippen LogP contribution is 2.27. The lowest BCUT2D eigenvalue weighted by molar-refractivity contribution is 0.0871. The van der Waals surface area contributed by atoms with Gasteiger partial charge in [0, 0.05) is 6.04 Å². The Balaban J connectivity index is 1.90. The van der Waals surface area contributed by atoms with Crippen molar-refractivity contribution < 1.29 is 0 Å². The van der Waals surface area contributed by atoms with Crippen LogP contribution in [0.5, 0.6) is 0 Å². The highest BCUT2D eigenvalue weighted by Gasteiger charge is 2.29. The lowest BCUT2D eigenvalue weighted by atomic mass is 9.85. The van der Waals surface area contributed by atoms with Crippen molar-refractivity contribution in [3.05, 3.63) is 0 Å². The maximum absolute atomic E-state index is 3.57. The minimum absolute atomic E-state index is 0.895. The first-order valence-electron chi connectivity index (χ1n) is 6.86. The van der Waals surface area contributed by atoms with Crippen molar-refractivity contribution in [3.63, 3.8) is 0 Å². The number of hydrogen-bond acceptors (Lipinski definition) is 2. The lowest BCUT2D eigenvalue weighted by Crippen LogP contribution is -2.48. The first-order chi connectivity index (χ1) is 7.42. The summed E-state index contributed by atoms with van der Waals surface area (Å²) in [4.78, 5) is 2.77. The van der Waals surface area contributed by atoms with E-state index in [0.717, 1.165) is 12.0 Å². The summed E-state index contributed by atoms with van der Waals surface area (Å²) in [5, 5.41) is 3.57. The Morgan fingerprint density at radius 2 is 2.13 bits per heavy atom. The van der Waals surface area contributed by atoms with Crippen LogP contribution >= 0.6 is 0 Å². The Morgan fingerprint density at radius 3 is 2.87 bits per heavy atom. The smallest absolute Gasteiger partial charge is 0.0136 e. The largest absolute Gasteiger partial charge is 0.316 e. The Kier molecular flexibility index (Phi) is 4.45. The molecule has 0 amide bonds. The van der Waals surface area contributed by atoms with E-state index < -0.39 is 0 Å². The van der Waals surface area contributed by atoms with Crippen molar-refractivity contribution in [1.82, 2.24) is 10.2 Å². The molecule has 0 radical (unpaired) electrons. The maximum atomic E-state index is 3.57. The molecule has 2 fully saturated rings. The monoisotopic (exact) mass is 210 g/mol. The molecule has 2 atom stereocenters. The van der Waals surface area contributed by atoms with Crippen LogP contribution in [0.2, 0.25) is 0 Å². The zero-order valence-corrected chi connectivity index (χ0v) is 10.2. The van der Waals surface area contributed by atoms with Gasteiger partial charge >= 0.3 is 0 Å². The Morgan fingerprint density at radius 1 is 1.20 bits per heavy atom.